The molecule has 12 heavy (non-hydrogen) atoms. The lowest BCUT2D eigenvalue weighted by molar-refractivity contribution is 0.519. The van der Waals surface area contributed by atoms with Gasteiger partial charge in [-0.1, -0.05) is 0 Å². The molecule has 0 aliphatic carbocycles. The SMILES string of the molecule is CC#CCCC(CCSC)NC. The van der Waals surface area contributed by atoms with E-state index in [1.807, 2.05) is 25.7 Å². The molecule has 0 heterocycles. The van der Waals surface area contributed by atoms with E-state index in [1.165, 1.54) is 18.6 Å². The monoisotopic (exact) mass is 185 g/mol. The molecule has 0 aromatic carbocycles. The summed E-state index contributed by atoms with van der Waals surface area (Å²) in [7, 11) is 2.03. The lowest BCUT2D eigenvalue weighted by Crippen LogP contribution is -2.25. The van der Waals surface area contributed by atoms with Gasteiger partial charge in [-0.2, -0.15) is 11.8 Å². The van der Waals surface area contributed by atoms with Gasteiger partial charge in [0, 0.05) is 12.5 Å². The largest absolute Gasteiger partial charge is 0.317 e. The summed E-state index contributed by atoms with van der Waals surface area (Å²) in [6.45, 7) is 1.90. The molecular formula is C10H19NS. The van der Waals surface area contributed by atoms with Gasteiger partial charge < -0.3 is 5.32 Å². The minimum absolute atomic E-state index is 0.651. The highest BCUT2D eigenvalue weighted by atomic mass is 32.2. The Morgan fingerprint density at radius 1 is 1.42 bits per heavy atom. The van der Waals surface area contributed by atoms with E-state index in [1.54, 1.807) is 0 Å². The minimum atomic E-state index is 0.651. The van der Waals surface area contributed by atoms with Crippen molar-refractivity contribution in [2.24, 2.45) is 0 Å². The standard InChI is InChI=1S/C10H19NS/c1-4-5-6-7-10(11-2)8-9-12-3/h10-11H,6-9H2,1-3H3. The van der Waals surface area contributed by atoms with Crippen LogP contribution in [0.3, 0.4) is 0 Å². The molecule has 1 unspecified atom stereocenters. The molecule has 0 saturated carbocycles. The smallest absolute Gasteiger partial charge is 0.0103 e. The van der Waals surface area contributed by atoms with Crippen LogP contribution in [0.4, 0.5) is 0 Å². The van der Waals surface area contributed by atoms with Crippen LogP contribution in [0.25, 0.3) is 0 Å². The highest BCUT2D eigenvalue weighted by molar-refractivity contribution is 7.98. The Balaban J connectivity index is 3.43. The molecule has 2 heteroatoms. The maximum atomic E-state index is 3.31. The van der Waals surface area contributed by atoms with Crippen molar-refractivity contribution >= 4 is 11.8 Å². The molecule has 0 aliphatic rings. The van der Waals surface area contributed by atoms with Gasteiger partial charge in [-0.25, -0.2) is 0 Å². The molecule has 0 aromatic rings. The maximum absolute atomic E-state index is 3.31. The van der Waals surface area contributed by atoms with Crippen LogP contribution in [0.2, 0.25) is 0 Å². The summed E-state index contributed by atoms with van der Waals surface area (Å²) in [5, 5.41) is 3.31. The first kappa shape index (κ1) is 11.9. The fourth-order valence-corrected chi connectivity index (χ4v) is 1.58. The lowest BCUT2D eigenvalue weighted by atomic mass is 10.1. The molecule has 0 saturated heterocycles. The quantitative estimate of drug-likeness (QED) is 0.636. The highest BCUT2D eigenvalue weighted by Gasteiger charge is 2.02. The van der Waals surface area contributed by atoms with Crippen molar-refractivity contribution in [1.29, 1.82) is 0 Å². The second-order valence-electron chi connectivity index (χ2n) is 2.73. The predicted molar refractivity (Wildman–Crippen MR) is 58.5 cm³/mol. The molecule has 0 bridgehead atoms. The third-order valence-corrected chi connectivity index (χ3v) is 2.52. The van der Waals surface area contributed by atoms with Gasteiger partial charge in [-0.15, -0.1) is 11.8 Å². The molecule has 0 aliphatic heterocycles. The number of thioether (sulfide) groups is 1. The first-order valence-electron chi connectivity index (χ1n) is 4.41. The van der Waals surface area contributed by atoms with Gasteiger partial charge in [-0.05, 0) is 38.8 Å². The van der Waals surface area contributed by atoms with E-state index >= 15 is 0 Å². The molecule has 0 rings (SSSR count). The Kier molecular flexibility index (Phi) is 8.86. The molecular weight excluding hydrogens is 166 g/mol. The van der Waals surface area contributed by atoms with Gasteiger partial charge in [0.15, 0.2) is 0 Å². The number of hydrogen-bond donors (Lipinski definition) is 1. The minimum Gasteiger partial charge on any atom is -0.317 e. The van der Waals surface area contributed by atoms with Gasteiger partial charge in [0.05, 0.1) is 0 Å². The summed E-state index contributed by atoms with van der Waals surface area (Å²) in [6.07, 6.45) is 5.61. The molecule has 0 aromatic heterocycles. The topological polar surface area (TPSA) is 12.0 Å². The summed E-state index contributed by atoms with van der Waals surface area (Å²) < 4.78 is 0. The molecule has 0 fully saturated rings. The van der Waals surface area contributed by atoms with Crippen molar-refractivity contribution in [3.05, 3.63) is 0 Å². The van der Waals surface area contributed by atoms with Crippen LogP contribution < -0.4 is 5.32 Å². The van der Waals surface area contributed by atoms with Gasteiger partial charge in [0.25, 0.3) is 0 Å². The van der Waals surface area contributed by atoms with Crippen LogP contribution in [0.1, 0.15) is 26.2 Å². The number of rotatable bonds is 6. The van der Waals surface area contributed by atoms with Crippen LogP contribution in [0.5, 0.6) is 0 Å². The van der Waals surface area contributed by atoms with E-state index in [0.717, 1.165) is 6.42 Å². The van der Waals surface area contributed by atoms with Crippen molar-refractivity contribution in [2.45, 2.75) is 32.2 Å². The Bertz CT molecular complexity index is 146. The van der Waals surface area contributed by atoms with Crippen LogP contribution in [-0.2, 0) is 0 Å². The summed E-state index contributed by atoms with van der Waals surface area (Å²) in [6, 6.07) is 0.651. The van der Waals surface area contributed by atoms with Gasteiger partial charge in [0.2, 0.25) is 0 Å². The zero-order valence-electron chi connectivity index (χ0n) is 8.31. The second kappa shape index (κ2) is 8.96. The van der Waals surface area contributed by atoms with Crippen LogP contribution in [0.15, 0.2) is 0 Å². The summed E-state index contributed by atoms with van der Waals surface area (Å²) in [4.78, 5) is 0. The predicted octanol–water partition coefficient (Wildman–Crippen LogP) is 2.13. The van der Waals surface area contributed by atoms with E-state index in [-0.39, 0.29) is 0 Å². The summed E-state index contributed by atoms with van der Waals surface area (Å²) in [5.74, 6) is 7.25. The van der Waals surface area contributed by atoms with E-state index in [0.29, 0.717) is 6.04 Å². The summed E-state index contributed by atoms with van der Waals surface area (Å²) in [5.41, 5.74) is 0. The summed E-state index contributed by atoms with van der Waals surface area (Å²) >= 11 is 1.91. The maximum Gasteiger partial charge on any atom is 0.0103 e. The molecule has 70 valence electrons. The van der Waals surface area contributed by atoms with Crippen molar-refractivity contribution in [3.63, 3.8) is 0 Å². The number of nitrogens with one attached hydrogen (secondary N) is 1. The van der Waals surface area contributed by atoms with Crippen molar-refractivity contribution in [3.8, 4) is 11.8 Å². The molecule has 1 N–H and O–H groups in total. The molecule has 0 radical (unpaired) electrons. The first-order valence-corrected chi connectivity index (χ1v) is 5.80. The van der Waals surface area contributed by atoms with Crippen molar-refractivity contribution in [1.82, 2.24) is 5.32 Å². The van der Waals surface area contributed by atoms with Crippen LogP contribution in [0, 0.1) is 11.8 Å². The molecule has 0 amide bonds. The molecule has 1 atom stereocenters. The van der Waals surface area contributed by atoms with Crippen molar-refractivity contribution < 1.29 is 0 Å². The van der Waals surface area contributed by atoms with E-state index in [4.69, 9.17) is 0 Å². The zero-order chi connectivity index (χ0) is 9.23. The molecule has 0 spiro atoms. The molecule has 1 nitrogen and oxygen atoms in total. The average molecular weight is 185 g/mol. The van der Waals surface area contributed by atoms with Gasteiger partial charge in [-0.3, -0.25) is 0 Å². The van der Waals surface area contributed by atoms with Gasteiger partial charge in [0.1, 0.15) is 0 Å². The third-order valence-electron chi connectivity index (χ3n) is 1.87. The fraction of sp³-hybridized carbons (Fsp3) is 0.800. The third kappa shape index (κ3) is 6.57. The Hall–Kier alpha value is -0.130. The fourth-order valence-electron chi connectivity index (χ4n) is 1.06. The zero-order valence-corrected chi connectivity index (χ0v) is 9.13. The Morgan fingerprint density at radius 3 is 2.67 bits per heavy atom. The van der Waals surface area contributed by atoms with Gasteiger partial charge >= 0.3 is 0 Å². The number of hydrogen-bond acceptors (Lipinski definition) is 2. The van der Waals surface area contributed by atoms with E-state index in [2.05, 4.69) is 23.4 Å². The van der Waals surface area contributed by atoms with Crippen molar-refractivity contribution in [2.75, 3.05) is 19.1 Å². The van der Waals surface area contributed by atoms with E-state index in [9.17, 15) is 0 Å². The van der Waals surface area contributed by atoms with E-state index < -0.39 is 0 Å². The first-order chi connectivity index (χ1) is 5.85. The van der Waals surface area contributed by atoms with Crippen LogP contribution in [-0.4, -0.2) is 25.1 Å². The normalized spacial score (nSPS) is 11.9. The average Bonchev–Trinajstić information content (AvgIpc) is 2.11. The second-order valence-corrected chi connectivity index (χ2v) is 3.72. The van der Waals surface area contributed by atoms with Crippen LogP contribution >= 0.6 is 11.8 Å². The Labute approximate surface area is 80.7 Å². The lowest BCUT2D eigenvalue weighted by Gasteiger charge is -2.13. The highest BCUT2D eigenvalue weighted by Crippen LogP contribution is 2.05. The Morgan fingerprint density at radius 2 is 2.17 bits per heavy atom.